The smallest absolute Gasteiger partial charge is 0.251 e. The number of hydrogen-bond donors (Lipinski definition) is 1. The molecule has 142 valence electrons. The van der Waals surface area contributed by atoms with Crippen LogP contribution in [0.3, 0.4) is 0 Å². The van der Waals surface area contributed by atoms with Crippen LogP contribution in [0.4, 0.5) is 10.1 Å². The van der Waals surface area contributed by atoms with Gasteiger partial charge in [0.15, 0.2) is 0 Å². The Labute approximate surface area is 158 Å². The highest BCUT2D eigenvalue weighted by Crippen LogP contribution is 2.25. The normalized spacial score (nSPS) is 16.8. The van der Waals surface area contributed by atoms with E-state index in [1.54, 1.807) is 42.5 Å². The van der Waals surface area contributed by atoms with Crippen molar-refractivity contribution < 1.29 is 18.7 Å². The number of hydrogen-bond acceptors (Lipinski definition) is 4. The number of amides is 2. The minimum atomic E-state index is -0.583. The van der Waals surface area contributed by atoms with E-state index in [2.05, 4.69) is 5.32 Å². The summed E-state index contributed by atoms with van der Waals surface area (Å²) in [4.78, 5) is 26.1. The van der Waals surface area contributed by atoms with Gasteiger partial charge in [0.05, 0.1) is 24.8 Å². The van der Waals surface area contributed by atoms with E-state index >= 15 is 0 Å². The number of carbonyl (C=O) groups excluding carboxylic acids is 2. The van der Waals surface area contributed by atoms with Crippen LogP contribution in [0.25, 0.3) is 0 Å². The molecule has 1 heterocycles. The Balaban J connectivity index is 1.58. The molecule has 3 rings (SSSR count). The zero-order valence-electron chi connectivity index (χ0n) is 15.3. The van der Waals surface area contributed by atoms with E-state index in [-0.39, 0.29) is 24.1 Å². The molecule has 1 saturated heterocycles. The number of benzene rings is 2. The van der Waals surface area contributed by atoms with Crippen LogP contribution in [0.2, 0.25) is 0 Å². The van der Waals surface area contributed by atoms with Crippen LogP contribution < -0.4 is 15.0 Å². The molecule has 0 saturated carbocycles. The van der Waals surface area contributed by atoms with E-state index in [0.717, 1.165) is 6.42 Å². The van der Waals surface area contributed by atoms with Crippen LogP contribution in [0.1, 0.15) is 25.3 Å². The number of nitrogens with one attached hydrogen (secondary N) is 1. The van der Waals surface area contributed by atoms with Crippen LogP contribution in [0, 0.1) is 5.82 Å². The summed E-state index contributed by atoms with van der Waals surface area (Å²) in [6.45, 7) is 3.06. The number of imide groups is 1. The van der Waals surface area contributed by atoms with E-state index in [9.17, 15) is 14.0 Å². The molecule has 2 amide bonds. The topological polar surface area (TPSA) is 58.6 Å². The first-order chi connectivity index (χ1) is 13.1. The van der Waals surface area contributed by atoms with Gasteiger partial charge in [0.25, 0.3) is 5.91 Å². The van der Waals surface area contributed by atoms with E-state index < -0.39 is 6.04 Å². The summed E-state index contributed by atoms with van der Waals surface area (Å²) < 4.78 is 19.2. The number of nitrogens with zero attached hydrogens (tertiary/aromatic N) is 1. The molecule has 6 heteroatoms. The molecule has 1 fully saturated rings. The number of carbonyl (C=O) groups is 2. The van der Waals surface area contributed by atoms with Gasteiger partial charge in [0.2, 0.25) is 5.91 Å². The van der Waals surface area contributed by atoms with Crippen LogP contribution in [-0.4, -0.2) is 31.0 Å². The summed E-state index contributed by atoms with van der Waals surface area (Å²) in [6.07, 6.45) is 1.46. The van der Waals surface area contributed by atoms with Crippen molar-refractivity contribution >= 4 is 17.5 Å². The van der Waals surface area contributed by atoms with Crippen molar-refractivity contribution in [1.29, 1.82) is 0 Å². The molecule has 2 aromatic carbocycles. The Hall–Kier alpha value is -2.73. The second-order valence-corrected chi connectivity index (χ2v) is 6.46. The van der Waals surface area contributed by atoms with Gasteiger partial charge in [-0.15, -0.1) is 0 Å². The van der Waals surface area contributed by atoms with Gasteiger partial charge in [0.1, 0.15) is 11.6 Å². The lowest BCUT2D eigenvalue weighted by molar-refractivity contribution is -0.121. The molecular formula is C21H23FN2O3. The molecule has 0 radical (unpaired) electrons. The molecule has 1 unspecified atom stereocenters. The zero-order chi connectivity index (χ0) is 19.2. The van der Waals surface area contributed by atoms with E-state index in [0.29, 0.717) is 36.6 Å². The molecule has 0 aromatic heterocycles. The van der Waals surface area contributed by atoms with Crippen molar-refractivity contribution in [2.75, 3.05) is 18.1 Å². The maximum atomic E-state index is 13.7. The number of ether oxygens (including phenoxy) is 1. The molecular weight excluding hydrogens is 347 g/mol. The largest absolute Gasteiger partial charge is 0.494 e. The predicted molar refractivity (Wildman–Crippen MR) is 101 cm³/mol. The molecule has 0 aliphatic carbocycles. The Bertz CT molecular complexity index is 807. The van der Waals surface area contributed by atoms with Gasteiger partial charge in [-0.1, -0.05) is 25.1 Å². The van der Waals surface area contributed by atoms with Gasteiger partial charge in [-0.25, -0.2) is 9.29 Å². The standard InChI is InChI=1S/C21H23FN2O3/c1-2-13-27-17-9-7-16(8-10-17)24-20(25)14-19(21(24)26)23-12-11-15-5-3-4-6-18(15)22/h3-10,19,23H,2,11-14H2,1H3. The maximum absolute atomic E-state index is 13.7. The number of anilines is 1. The molecule has 2 aromatic rings. The molecule has 5 nitrogen and oxygen atoms in total. The second-order valence-electron chi connectivity index (χ2n) is 6.46. The Morgan fingerprint density at radius 2 is 1.89 bits per heavy atom. The number of halogens is 1. The summed E-state index contributed by atoms with van der Waals surface area (Å²) in [5.74, 6) is -0.0826. The third-order valence-electron chi connectivity index (χ3n) is 4.46. The minimum Gasteiger partial charge on any atom is -0.494 e. The summed E-state index contributed by atoms with van der Waals surface area (Å²) in [7, 11) is 0. The van der Waals surface area contributed by atoms with Gasteiger partial charge in [-0.3, -0.25) is 9.59 Å². The predicted octanol–water partition coefficient (Wildman–Crippen LogP) is 3.08. The van der Waals surface area contributed by atoms with E-state index in [4.69, 9.17) is 4.74 Å². The molecule has 1 N–H and O–H groups in total. The van der Waals surface area contributed by atoms with Gasteiger partial charge < -0.3 is 10.1 Å². The number of rotatable bonds is 8. The summed E-state index contributed by atoms with van der Waals surface area (Å²) in [5.41, 5.74) is 1.12. The van der Waals surface area contributed by atoms with Crippen LogP contribution in [0.5, 0.6) is 5.75 Å². The van der Waals surface area contributed by atoms with Crippen LogP contribution in [-0.2, 0) is 16.0 Å². The molecule has 0 spiro atoms. The average Bonchev–Trinajstić information content (AvgIpc) is 2.95. The second kappa shape index (κ2) is 8.77. The Kier molecular flexibility index (Phi) is 6.19. The average molecular weight is 370 g/mol. The van der Waals surface area contributed by atoms with Crippen molar-refractivity contribution in [1.82, 2.24) is 5.32 Å². The first kappa shape index (κ1) is 19.0. The first-order valence-electron chi connectivity index (χ1n) is 9.16. The third kappa shape index (κ3) is 4.52. The fourth-order valence-corrected chi connectivity index (χ4v) is 3.06. The van der Waals surface area contributed by atoms with Crippen molar-refractivity contribution in [2.45, 2.75) is 32.2 Å². The lowest BCUT2D eigenvalue weighted by atomic mass is 10.1. The van der Waals surface area contributed by atoms with Crippen molar-refractivity contribution in [3.05, 3.63) is 59.9 Å². The fourth-order valence-electron chi connectivity index (χ4n) is 3.06. The summed E-state index contributed by atoms with van der Waals surface area (Å²) in [6, 6.07) is 12.9. The minimum absolute atomic E-state index is 0.101. The monoisotopic (exact) mass is 370 g/mol. The lowest BCUT2D eigenvalue weighted by Gasteiger charge is -2.16. The Morgan fingerprint density at radius 3 is 2.59 bits per heavy atom. The van der Waals surface area contributed by atoms with Gasteiger partial charge in [-0.2, -0.15) is 0 Å². The molecule has 1 atom stereocenters. The molecule has 0 bridgehead atoms. The fraction of sp³-hybridized carbons (Fsp3) is 0.333. The lowest BCUT2D eigenvalue weighted by Crippen LogP contribution is -2.39. The molecule has 27 heavy (non-hydrogen) atoms. The SMILES string of the molecule is CCCOc1ccc(N2C(=O)CC(NCCc3ccccc3F)C2=O)cc1. The van der Waals surface area contributed by atoms with Gasteiger partial charge in [0, 0.05) is 6.54 Å². The van der Waals surface area contributed by atoms with E-state index in [1.165, 1.54) is 11.0 Å². The highest BCUT2D eigenvalue weighted by molar-refractivity contribution is 6.22. The Morgan fingerprint density at radius 1 is 1.15 bits per heavy atom. The van der Waals surface area contributed by atoms with Crippen molar-refractivity contribution in [2.24, 2.45) is 0 Å². The van der Waals surface area contributed by atoms with Gasteiger partial charge >= 0.3 is 0 Å². The first-order valence-corrected chi connectivity index (χ1v) is 9.16. The highest BCUT2D eigenvalue weighted by atomic mass is 19.1. The van der Waals surface area contributed by atoms with E-state index in [1.807, 2.05) is 6.92 Å². The summed E-state index contributed by atoms with van der Waals surface area (Å²) in [5, 5.41) is 3.07. The van der Waals surface area contributed by atoms with Gasteiger partial charge in [-0.05, 0) is 48.7 Å². The van der Waals surface area contributed by atoms with Crippen LogP contribution in [0.15, 0.2) is 48.5 Å². The summed E-state index contributed by atoms with van der Waals surface area (Å²) >= 11 is 0. The van der Waals surface area contributed by atoms with Crippen molar-refractivity contribution in [3.8, 4) is 5.75 Å². The van der Waals surface area contributed by atoms with Crippen LogP contribution >= 0.6 is 0 Å². The molecule has 1 aliphatic rings. The molecule has 1 aliphatic heterocycles. The highest BCUT2D eigenvalue weighted by Gasteiger charge is 2.39. The van der Waals surface area contributed by atoms with Crippen molar-refractivity contribution in [3.63, 3.8) is 0 Å². The zero-order valence-corrected chi connectivity index (χ0v) is 15.3. The third-order valence-corrected chi connectivity index (χ3v) is 4.46. The quantitative estimate of drug-likeness (QED) is 0.726. The maximum Gasteiger partial charge on any atom is 0.251 e.